The van der Waals surface area contributed by atoms with Crippen molar-refractivity contribution in [1.82, 2.24) is 20.2 Å². The lowest BCUT2D eigenvalue weighted by Gasteiger charge is -2.49. The second-order valence-electron chi connectivity index (χ2n) is 7.92. The number of hydrogen-bond acceptors (Lipinski definition) is 10. The fourth-order valence-corrected chi connectivity index (χ4v) is 6.96. The summed E-state index contributed by atoms with van der Waals surface area (Å²) in [6, 6.07) is 5.77. The Kier molecular flexibility index (Phi) is 9.36. The number of rotatable bonds is 10. The van der Waals surface area contributed by atoms with E-state index in [9.17, 15) is 19.5 Å². The number of thioether (sulfide) groups is 3. The number of nitrogens with two attached hydrogens (primary N) is 1. The van der Waals surface area contributed by atoms with Crippen LogP contribution in [0.2, 0.25) is 10.0 Å². The zero-order valence-electron chi connectivity index (χ0n) is 19.8. The summed E-state index contributed by atoms with van der Waals surface area (Å²) in [6.45, 7) is 0. The number of aromatic nitrogens is 2. The minimum Gasteiger partial charge on any atom is -0.477 e. The smallest absolute Gasteiger partial charge is 0.352 e. The minimum absolute atomic E-state index is 0.0289. The third-order valence-electron chi connectivity index (χ3n) is 5.38. The van der Waals surface area contributed by atoms with Gasteiger partial charge in [0.2, 0.25) is 5.91 Å². The summed E-state index contributed by atoms with van der Waals surface area (Å²) in [5.41, 5.74) is 6.21. The lowest BCUT2D eigenvalue weighted by Crippen LogP contribution is -2.70. The summed E-state index contributed by atoms with van der Waals surface area (Å²) in [6.07, 6.45) is 3.48. The number of β-lactam (4-membered cyclic amide) rings is 1. The molecule has 5 N–H and O–H groups in total. The molecule has 1 saturated heterocycles. The standard InChI is InChI=1S/C23H22Cl2N6O4S3/c1-27-16-8-15(26)28-23(29-16)36-6-2-3-11-9-38-21-18(20(33)31(21)19(11)22(34)35)30-17(32)10-37-14-7-12(24)4-5-13(14)25/h2-5,7-8,18,21H,6,9-10H2,1H3,(H,30,32)(H,34,35)(H3,26,27,28,29)/t18-,21-/m1/s1. The molecule has 0 unspecified atom stereocenters. The topological polar surface area (TPSA) is 151 Å². The summed E-state index contributed by atoms with van der Waals surface area (Å²) in [5.74, 6) is -0.227. The van der Waals surface area contributed by atoms with Crippen LogP contribution in [0.15, 0.2) is 57.7 Å². The van der Waals surface area contributed by atoms with Crippen LogP contribution in [-0.4, -0.2) is 73.5 Å². The van der Waals surface area contributed by atoms with Gasteiger partial charge in [0.15, 0.2) is 5.16 Å². The molecule has 2 aliphatic rings. The molecule has 10 nitrogen and oxygen atoms in total. The van der Waals surface area contributed by atoms with Crippen LogP contribution in [-0.2, 0) is 14.4 Å². The number of nitrogens with zero attached hydrogens (tertiary/aromatic N) is 3. The molecule has 0 saturated carbocycles. The number of fused-ring (bicyclic) bond motifs is 1. The quantitative estimate of drug-likeness (QED) is 0.177. The van der Waals surface area contributed by atoms with Crippen molar-refractivity contribution >= 4 is 87.9 Å². The van der Waals surface area contributed by atoms with Gasteiger partial charge < -0.3 is 21.5 Å². The van der Waals surface area contributed by atoms with Gasteiger partial charge in [-0.15, -0.1) is 23.5 Å². The Hall–Kier alpha value is -2.58. The van der Waals surface area contributed by atoms with Gasteiger partial charge in [-0.1, -0.05) is 47.1 Å². The number of carboxylic acid groups (broad SMARTS) is 1. The van der Waals surface area contributed by atoms with E-state index in [1.165, 1.54) is 40.2 Å². The van der Waals surface area contributed by atoms with Crippen molar-refractivity contribution in [2.75, 3.05) is 35.4 Å². The summed E-state index contributed by atoms with van der Waals surface area (Å²) in [4.78, 5) is 47.8. The third-order valence-corrected chi connectivity index (χ3v) is 9.21. The highest BCUT2D eigenvalue weighted by Gasteiger charge is 2.53. The lowest BCUT2D eigenvalue weighted by atomic mass is 10.0. The van der Waals surface area contributed by atoms with E-state index in [1.807, 2.05) is 0 Å². The van der Waals surface area contributed by atoms with Crippen LogP contribution in [0.25, 0.3) is 0 Å². The fourth-order valence-electron chi connectivity index (χ4n) is 3.67. The minimum atomic E-state index is -1.20. The van der Waals surface area contributed by atoms with Gasteiger partial charge in [-0.2, -0.15) is 0 Å². The molecule has 1 aromatic carbocycles. The van der Waals surface area contributed by atoms with Gasteiger partial charge in [0, 0.05) is 34.5 Å². The van der Waals surface area contributed by atoms with Gasteiger partial charge in [0.25, 0.3) is 5.91 Å². The van der Waals surface area contributed by atoms with E-state index in [4.69, 9.17) is 28.9 Å². The highest BCUT2D eigenvalue weighted by molar-refractivity contribution is 8.00. The van der Waals surface area contributed by atoms with Crippen LogP contribution >= 0.6 is 58.5 Å². The number of amides is 2. The Balaban J connectivity index is 1.36. The molecule has 0 radical (unpaired) electrons. The summed E-state index contributed by atoms with van der Waals surface area (Å²) < 4.78 is 0. The molecule has 200 valence electrons. The van der Waals surface area contributed by atoms with E-state index in [2.05, 4.69) is 20.6 Å². The Morgan fingerprint density at radius 1 is 1.29 bits per heavy atom. The number of carbonyl (C=O) groups is 3. The summed E-state index contributed by atoms with van der Waals surface area (Å²) >= 11 is 16.1. The van der Waals surface area contributed by atoms with Crippen molar-refractivity contribution in [2.45, 2.75) is 21.5 Å². The predicted molar refractivity (Wildman–Crippen MR) is 153 cm³/mol. The van der Waals surface area contributed by atoms with Crippen LogP contribution < -0.4 is 16.4 Å². The van der Waals surface area contributed by atoms with Gasteiger partial charge in [-0.05, 0) is 23.8 Å². The Morgan fingerprint density at radius 3 is 2.82 bits per heavy atom. The van der Waals surface area contributed by atoms with Gasteiger partial charge in [0.05, 0.1) is 10.8 Å². The molecule has 1 aromatic heterocycles. The van der Waals surface area contributed by atoms with Gasteiger partial charge in [0.1, 0.15) is 28.7 Å². The second-order valence-corrected chi connectivity index (χ2v) is 11.9. The largest absolute Gasteiger partial charge is 0.477 e. The maximum atomic E-state index is 12.9. The van der Waals surface area contributed by atoms with Crippen molar-refractivity contribution in [3.8, 4) is 0 Å². The maximum Gasteiger partial charge on any atom is 0.352 e. The summed E-state index contributed by atoms with van der Waals surface area (Å²) in [7, 11) is 1.73. The summed E-state index contributed by atoms with van der Waals surface area (Å²) in [5, 5.41) is 16.4. The van der Waals surface area contributed by atoms with E-state index < -0.39 is 23.3 Å². The van der Waals surface area contributed by atoms with E-state index in [0.29, 0.717) is 48.8 Å². The Labute approximate surface area is 241 Å². The molecule has 15 heteroatoms. The molecule has 2 atom stereocenters. The van der Waals surface area contributed by atoms with Gasteiger partial charge in [-0.3, -0.25) is 14.5 Å². The first-order valence-electron chi connectivity index (χ1n) is 11.1. The predicted octanol–water partition coefficient (Wildman–Crippen LogP) is 3.59. The number of carbonyl (C=O) groups excluding carboxylic acids is 2. The molecular weight excluding hydrogens is 591 g/mol. The Bertz CT molecular complexity index is 1340. The van der Waals surface area contributed by atoms with E-state index in [1.54, 1.807) is 43.5 Å². The lowest BCUT2D eigenvalue weighted by molar-refractivity contribution is -0.150. The fraction of sp³-hybridized carbons (Fsp3) is 0.261. The molecular formula is C23H22Cl2N6O4S3. The van der Waals surface area contributed by atoms with Gasteiger partial charge >= 0.3 is 5.97 Å². The van der Waals surface area contributed by atoms with E-state index >= 15 is 0 Å². The van der Waals surface area contributed by atoms with Crippen molar-refractivity contribution < 1.29 is 19.5 Å². The highest BCUT2D eigenvalue weighted by Crippen LogP contribution is 2.41. The molecule has 2 amide bonds. The van der Waals surface area contributed by atoms with Crippen LogP contribution in [0.1, 0.15) is 0 Å². The number of benzene rings is 1. The maximum absolute atomic E-state index is 12.9. The molecule has 0 bridgehead atoms. The van der Waals surface area contributed by atoms with Crippen LogP contribution in [0, 0.1) is 0 Å². The molecule has 1 fully saturated rings. The first-order chi connectivity index (χ1) is 18.2. The van der Waals surface area contributed by atoms with Crippen molar-refractivity contribution in [3.05, 3.63) is 57.7 Å². The number of aliphatic carboxylic acids is 1. The van der Waals surface area contributed by atoms with Crippen molar-refractivity contribution in [3.63, 3.8) is 0 Å². The first-order valence-corrected chi connectivity index (χ1v) is 14.9. The number of hydrogen-bond donors (Lipinski definition) is 4. The normalized spacial score (nSPS) is 18.8. The molecule has 3 heterocycles. The number of allylic oxidation sites excluding steroid dienone is 1. The van der Waals surface area contributed by atoms with E-state index in [-0.39, 0.29) is 17.4 Å². The number of halogens is 2. The highest BCUT2D eigenvalue weighted by atomic mass is 35.5. The van der Waals surface area contributed by atoms with E-state index in [0.717, 1.165) is 0 Å². The average Bonchev–Trinajstić information content (AvgIpc) is 2.89. The van der Waals surface area contributed by atoms with Crippen LogP contribution in [0.5, 0.6) is 0 Å². The zero-order valence-corrected chi connectivity index (χ0v) is 23.8. The number of nitrogen functional groups attached to an aromatic ring is 1. The SMILES string of the molecule is CNc1cc(N)nc(SCC=CC2=C(C(=O)O)N3C(=O)[C@@H](NC(=O)CSc4cc(Cl)ccc4Cl)[C@H]3SC2)n1. The number of anilines is 2. The molecule has 2 aliphatic heterocycles. The van der Waals surface area contributed by atoms with Gasteiger partial charge in [-0.25, -0.2) is 14.8 Å². The second kappa shape index (κ2) is 12.5. The third kappa shape index (κ3) is 6.52. The monoisotopic (exact) mass is 612 g/mol. The van der Waals surface area contributed by atoms with Crippen LogP contribution in [0.3, 0.4) is 0 Å². The number of nitrogens with one attached hydrogen (secondary N) is 2. The molecule has 2 aromatic rings. The van der Waals surface area contributed by atoms with Crippen molar-refractivity contribution in [1.29, 1.82) is 0 Å². The molecule has 38 heavy (non-hydrogen) atoms. The van der Waals surface area contributed by atoms with Crippen LogP contribution in [0.4, 0.5) is 11.6 Å². The molecule has 0 aliphatic carbocycles. The number of carboxylic acids is 1. The first kappa shape index (κ1) is 28.4. The molecule has 4 rings (SSSR count). The Morgan fingerprint density at radius 2 is 2.08 bits per heavy atom. The van der Waals surface area contributed by atoms with Crippen molar-refractivity contribution in [2.24, 2.45) is 0 Å². The average molecular weight is 614 g/mol. The zero-order chi connectivity index (χ0) is 27.4. The molecule has 0 spiro atoms.